The van der Waals surface area contributed by atoms with Crippen molar-refractivity contribution >= 4 is 11.6 Å². The van der Waals surface area contributed by atoms with Gasteiger partial charge in [-0.05, 0) is 31.6 Å². The van der Waals surface area contributed by atoms with Crippen LogP contribution in [0.1, 0.15) is 36.2 Å². The van der Waals surface area contributed by atoms with E-state index in [0.717, 1.165) is 25.7 Å². The van der Waals surface area contributed by atoms with Gasteiger partial charge in [0.25, 0.3) is 11.6 Å². The summed E-state index contributed by atoms with van der Waals surface area (Å²) in [6, 6.07) is 1.22. The Balaban J connectivity index is 1.82. The van der Waals surface area contributed by atoms with Gasteiger partial charge in [0.05, 0.1) is 17.2 Å². The number of nitro groups is 1. The summed E-state index contributed by atoms with van der Waals surface area (Å²) < 4.78 is 0. The van der Waals surface area contributed by atoms with Gasteiger partial charge in [0, 0.05) is 12.6 Å². The zero-order chi connectivity index (χ0) is 13.8. The molecule has 0 unspecified atom stereocenters. The van der Waals surface area contributed by atoms with Crippen molar-refractivity contribution in [3.8, 4) is 0 Å². The Labute approximate surface area is 110 Å². The summed E-state index contributed by atoms with van der Waals surface area (Å²) >= 11 is 0. The zero-order valence-electron chi connectivity index (χ0n) is 10.5. The molecule has 0 spiro atoms. The predicted molar refractivity (Wildman–Crippen MR) is 67.7 cm³/mol. The summed E-state index contributed by atoms with van der Waals surface area (Å²) in [5.74, 6) is 0.0384. The molecule has 19 heavy (non-hydrogen) atoms. The molecule has 0 aromatic carbocycles. The second kappa shape index (κ2) is 5.83. The summed E-state index contributed by atoms with van der Waals surface area (Å²) in [6.07, 6.45) is 4.33. The highest BCUT2D eigenvalue weighted by Crippen LogP contribution is 2.23. The molecule has 1 saturated carbocycles. The van der Waals surface area contributed by atoms with Crippen LogP contribution in [0.25, 0.3) is 0 Å². The zero-order valence-corrected chi connectivity index (χ0v) is 10.5. The fourth-order valence-electron chi connectivity index (χ4n) is 2.30. The van der Waals surface area contributed by atoms with Gasteiger partial charge < -0.3 is 15.4 Å². The Morgan fingerprint density at radius 2 is 2.16 bits per heavy atom. The normalized spacial score (nSPS) is 23.0. The number of aliphatic hydroxyl groups excluding tert-OH is 1. The lowest BCUT2D eigenvalue weighted by Gasteiger charge is -2.25. The second-order valence-corrected chi connectivity index (χ2v) is 4.91. The minimum absolute atomic E-state index is 0.120. The molecule has 1 amide bonds. The van der Waals surface area contributed by atoms with Crippen molar-refractivity contribution in [3.63, 3.8) is 0 Å². The molecule has 104 valence electrons. The number of aromatic nitrogens is 1. The van der Waals surface area contributed by atoms with Gasteiger partial charge in [0.1, 0.15) is 5.69 Å². The number of aliphatic hydroxyl groups is 1. The number of H-pyrrole nitrogens is 1. The smallest absolute Gasteiger partial charge is 0.287 e. The largest absolute Gasteiger partial charge is 0.393 e. The molecule has 7 heteroatoms. The number of carbonyl (C=O) groups is 1. The molecular weight excluding hydrogens is 250 g/mol. The average molecular weight is 267 g/mol. The van der Waals surface area contributed by atoms with Gasteiger partial charge in [-0.3, -0.25) is 14.9 Å². The van der Waals surface area contributed by atoms with Gasteiger partial charge in [-0.25, -0.2) is 0 Å². The van der Waals surface area contributed by atoms with Crippen LogP contribution in [0.15, 0.2) is 12.3 Å². The number of hydrogen-bond donors (Lipinski definition) is 3. The molecule has 0 saturated heterocycles. The molecule has 1 aromatic rings. The summed E-state index contributed by atoms with van der Waals surface area (Å²) in [4.78, 5) is 24.3. The van der Waals surface area contributed by atoms with Crippen LogP contribution in [0.4, 0.5) is 5.69 Å². The van der Waals surface area contributed by atoms with Crippen molar-refractivity contribution in [1.29, 1.82) is 0 Å². The lowest BCUT2D eigenvalue weighted by atomic mass is 9.87. The van der Waals surface area contributed by atoms with E-state index in [2.05, 4.69) is 10.3 Å². The Morgan fingerprint density at radius 1 is 1.47 bits per heavy atom. The number of nitrogens with zero attached hydrogens (tertiary/aromatic N) is 1. The van der Waals surface area contributed by atoms with Crippen molar-refractivity contribution in [1.82, 2.24) is 10.3 Å². The van der Waals surface area contributed by atoms with E-state index in [-0.39, 0.29) is 23.4 Å². The Bertz CT molecular complexity index is 463. The summed E-state index contributed by atoms with van der Waals surface area (Å²) in [5, 5.41) is 22.6. The van der Waals surface area contributed by atoms with Crippen LogP contribution in [0.3, 0.4) is 0 Å². The second-order valence-electron chi connectivity index (χ2n) is 4.91. The van der Waals surface area contributed by atoms with E-state index in [1.54, 1.807) is 0 Å². The molecule has 2 rings (SSSR count). The molecule has 7 nitrogen and oxygen atoms in total. The fourth-order valence-corrected chi connectivity index (χ4v) is 2.30. The molecule has 0 bridgehead atoms. The van der Waals surface area contributed by atoms with E-state index in [4.69, 9.17) is 0 Å². The number of rotatable bonds is 4. The number of aromatic amines is 1. The first-order valence-corrected chi connectivity index (χ1v) is 6.35. The van der Waals surface area contributed by atoms with Gasteiger partial charge in [0.2, 0.25) is 0 Å². The monoisotopic (exact) mass is 267 g/mol. The highest BCUT2D eigenvalue weighted by atomic mass is 16.6. The standard InChI is InChI=1S/C12H17N3O4/c16-10-3-1-8(2-4-10)6-14-12(17)11-5-9(7-13-11)15(18)19/h5,7-8,10,13,16H,1-4,6H2,(H,14,17). The van der Waals surface area contributed by atoms with Gasteiger partial charge in [-0.2, -0.15) is 0 Å². The van der Waals surface area contributed by atoms with E-state index in [1.165, 1.54) is 12.3 Å². The van der Waals surface area contributed by atoms with Crippen molar-refractivity contribution in [2.75, 3.05) is 6.54 Å². The van der Waals surface area contributed by atoms with Crippen molar-refractivity contribution in [2.45, 2.75) is 31.8 Å². The minimum atomic E-state index is -0.546. The van der Waals surface area contributed by atoms with E-state index in [1.807, 2.05) is 0 Å². The molecule has 1 heterocycles. The third-order valence-electron chi connectivity index (χ3n) is 3.49. The highest BCUT2D eigenvalue weighted by Gasteiger charge is 2.20. The van der Waals surface area contributed by atoms with Gasteiger partial charge >= 0.3 is 0 Å². The van der Waals surface area contributed by atoms with E-state index >= 15 is 0 Å². The van der Waals surface area contributed by atoms with Gasteiger partial charge in [0.15, 0.2) is 0 Å². The highest BCUT2D eigenvalue weighted by molar-refractivity contribution is 5.93. The topological polar surface area (TPSA) is 108 Å². The number of carbonyl (C=O) groups excluding carboxylic acids is 1. The molecular formula is C12H17N3O4. The van der Waals surface area contributed by atoms with Crippen LogP contribution in [0.5, 0.6) is 0 Å². The van der Waals surface area contributed by atoms with Crippen LogP contribution in [-0.4, -0.2) is 33.6 Å². The maximum Gasteiger partial charge on any atom is 0.287 e. The van der Waals surface area contributed by atoms with Crippen LogP contribution >= 0.6 is 0 Å². The third kappa shape index (κ3) is 3.54. The molecule has 1 fully saturated rings. The Morgan fingerprint density at radius 3 is 2.74 bits per heavy atom. The maximum atomic E-state index is 11.8. The number of amides is 1. The van der Waals surface area contributed by atoms with E-state index in [9.17, 15) is 20.0 Å². The Kier molecular flexibility index (Phi) is 4.16. The third-order valence-corrected chi connectivity index (χ3v) is 3.49. The number of hydrogen-bond acceptors (Lipinski definition) is 4. The average Bonchev–Trinajstić information content (AvgIpc) is 2.87. The molecule has 0 atom stereocenters. The van der Waals surface area contributed by atoms with Crippen molar-refractivity contribution in [3.05, 3.63) is 28.1 Å². The molecule has 1 aliphatic rings. The van der Waals surface area contributed by atoms with Crippen LogP contribution in [0.2, 0.25) is 0 Å². The van der Waals surface area contributed by atoms with Crippen molar-refractivity contribution in [2.24, 2.45) is 5.92 Å². The minimum Gasteiger partial charge on any atom is -0.393 e. The van der Waals surface area contributed by atoms with Crippen LogP contribution in [-0.2, 0) is 0 Å². The first-order chi connectivity index (χ1) is 9.06. The summed E-state index contributed by atoms with van der Waals surface area (Å²) in [5.41, 5.74) is 0.0773. The maximum absolute atomic E-state index is 11.8. The number of nitrogens with one attached hydrogen (secondary N) is 2. The first kappa shape index (κ1) is 13.5. The predicted octanol–water partition coefficient (Wildman–Crippen LogP) is 1.20. The van der Waals surface area contributed by atoms with Crippen LogP contribution < -0.4 is 5.32 Å². The molecule has 0 aliphatic heterocycles. The molecule has 1 aromatic heterocycles. The lowest BCUT2D eigenvalue weighted by Crippen LogP contribution is -2.32. The van der Waals surface area contributed by atoms with Gasteiger partial charge in [-0.1, -0.05) is 0 Å². The SMILES string of the molecule is O=C(NCC1CCC(O)CC1)c1cc([N+](=O)[O-])c[nH]1. The van der Waals surface area contributed by atoms with Crippen LogP contribution in [0, 0.1) is 16.0 Å². The Hall–Kier alpha value is -1.89. The molecule has 0 radical (unpaired) electrons. The van der Waals surface area contributed by atoms with Gasteiger partial charge in [-0.15, -0.1) is 0 Å². The summed E-state index contributed by atoms with van der Waals surface area (Å²) in [6.45, 7) is 0.540. The first-order valence-electron chi connectivity index (χ1n) is 6.35. The van der Waals surface area contributed by atoms with E-state index in [0.29, 0.717) is 12.5 Å². The van der Waals surface area contributed by atoms with E-state index < -0.39 is 4.92 Å². The lowest BCUT2D eigenvalue weighted by molar-refractivity contribution is -0.384. The quantitative estimate of drug-likeness (QED) is 0.562. The summed E-state index contributed by atoms with van der Waals surface area (Å²) in [7, 11) is 0. The van der Waals surface area contributed by atoms with Crippen molar-refractivity contribution < 1.29 is 14.8 Å². The fraction of sp³-hybridized carbons (Fsp3) is 0.583. The molecule has 3 N–H and O–H groups in total. The molecule has 1 aliphatic carbocycles.